The number of piperidine rings is 4. The zero-order valence-corrected chi connectivity index (χ0v) is 42.2. The van der Waals surface area contributed by atoms with Crippen LogP contribution in [0.5, 0.6) is 11.8 Å². The van der Waals surface area contributed by atoms with Crippen LogP contribution in [0.1, 0.15) is 99.5 Å². The Kier molecular flexibility index (Phi) is 12.1. The predicted octanol–water partition coefficient (Wildman–Crippen LogP) is 7.96. The number of amides is 2. The number of pyridine rings is 1. The number of allylic oxidation sites excluding steroid dienone is 1. The third-order valence-corrected chi connectivity index (χ3v) is 17.6. The second kappa shape index (κ2) is 18.4. The number of phenols is 1. The third kappa shape index (κ3) is 9.15. The van der Waals surface area contributed by atoms with Crippen LogP contribution in [-0.2, 0) is 17.8 Å². The zero-order chi connectivity index (χ0) is 50.4. The number of nitrogens with zero attached hydrogens (tertiary/aromatic N) is 8. The summed E-state index contributed by atoms with van der Waals surface area (Å²) in [6.45, 7) is 17.8. The molecule has 8 heterocycles. The summed E-state index contributed by atoms with van der Waals surface area (Å²) in [7, 11) is 0. The maximum absolute atomic E-state index is 17.2. The van der Waals surface area contributed by atoms with Crippen molar-refractivity contribution in [2.24, 2.45) is 16.7 Å². The highest BCUT2D eigenvalue weighted by molar-refractivity contribution is 6.03. The number of aromatic nitrogens is 3. The summed E-state index contributed by atoms with van der Waals surface area (Å²) in [6, 6.07) is 11.8. The Morgan fingerprint density at radius 1 is 0.890 bits per heavy atom. The van der Waals surface area contributed by atoms with E-state index in [0.29, 0.717) is 96.4 Å². The number of ether oxygens (including phenoxy) is 1. The van der Waals surface area contributed by atoms with Gasteiger partial charge in [-0.15, -0.1) is 0 Å². The number of carbonyl (C=O) groups excluding carboxylic acids is 2. The van der Waals surface area contributed by atoms with E-state index >= 15 is 8.78 Å². The van der Waals surface area contributed by atoms with E-state index < -0.39 is 23.3 Å². The van der Waals surface area contributed by atoms with Crippen molar-refractivity contribution in [3.8, 4) is 23.0 Å². The number of likely N-dealkylation sites (tertiary alicyclic amines) is 2. The zero-order valence-electron chi connectivity index (χ0n) is 42.2. The molecular formula is C57H67F2N9O5. The number of phenolic OH excluding ortho intramolecular Hbond substituents is 1. The van der Waals surface area contributed by atoms with Crippen molar-refractivity contribution in [3.05, 3.63) is 89.3 Å². The van der Waals surface area contributed by atoms with Crippen LogP contribution in [0.25, 0.3) is 32.9 Å². The molecule has 6 aliphatic heterocycles. The Labute approximate surface area is 425 Å². The van der Waals surface area contributed by atoms with Crippen molar-refractivity contribution < 1.29 is 33.3 Å². The van der Waals surface area contributed by atoms with Crippen molar-refractivity contribution in [2.75, 3.05) is 81.9 Å². The van der Waals surface area contributed by atoms with E-state index in [1.807, 2.05) is 17.9 Å². The molecule has 3 N–H and O–H groups in total. The Balaban J connectivity index is 0.660. The molecule has 2 aromatic heterocycles. The standard InChI is InChI=1S/C57H67F2N9O5/c1-4-41-45(58)10-7-37-25-40(69)26-43(47(37)41)49-48(59)50-44(27-60-49)51(67-19-5-14-55(3,72)30-67)63-54(62-50)73-34-57(15-16-57)33-64-22-17-56(18-23-64)31-65(32-56)28-36-12-20-66(21-13-36)39-8-9-42-38(24-39)29-68(53(42)71)46-11-6-35(2)61-52(46)70/h7-10,24-27,36,46,69,72H,2,4-6,11-23,28-34H2,1,3H3,(H,61,70)/t46?,55-/m1/s1. The van der Waals surface area contributed by atoms with Crippen molar-refractivity contribution in [1.82, 2.24) is 35.0 Å². The van der Waals surface area contributed by atoms with Crippen LogP contribution in [0.2, 0.25) is 0 Å². The fraction of sp³-hybridized carbons (Fsp3) is 0.526. The maximum Gasteiger partial charge on any atom is 0.319 e. The number of rotatable bonds is 12. The summed E-state index contributed by atoms with van der Waals surface area (Å²) in [5.41, 5.74) is 3.66. The first-order valence-electron chi connectivity index (χ1n) is 26.7. The maximum atomic E-state index is 17.2. The number of fused-ring (bicyclic) bond motifs is 3. The number of β-amino-alcohol motifs (C(OH)–C–C–N with tert-alkyl or cyclic N) is 1. The van der Waals surface area contributed by atoms with E-state index in [9.17, 15) is 19.8 Å². The van der Waals surface area contributed by atoms with Crippen molar-refractivity contribution in [3.63, 3.8) is 0 Å². The number of aromatic hydroxyl groups is 1. The highest BCUT2D eigenvalue weighted by Crippen LogP contribution is 2.49. The number of carbonyl (C=O) groups is 2. The summed E-state index contributed by atoms with van der Waals surface area (Å²) in [4.78, 5) is 51.6. The predicted molar refractivity (Wildman–Crippen MR) is 277 cm³/mol. The quantitative estimate of drug-likeness (QED) is 0.111. The molecule has 1 aliphatic carbocycles. The van der Waals surface area contributed by atoms with Crippen LogP contribution in [0.4, 0.5) is 20.3 Å². The summed E-state index contributed by atoms with van der Waals surface area (Å²) in [6.07, 6.45) is 11.3. The minimum Gasteiger partial charge on any atom is -0.508 e. The van der Waals surface area contributed by atoms with Crippen LogP contribution in [0, 0.1) is 28.4 Å². The molecule has 6 fully saturated rings. The second-order valence-electron chi connectivity index (χ2n) is 23.1. The van der Waals surface area contributed by atoms with Gasteiger partial charge in [-0.3, -0.25) is 14.6 Å². The average molecular weight is 996 g/mol. The molecule has 14 nitrogen and oxygen atoms in total. The van der Waals surface area contributed by atoms with Gasteiger partial charge in [-0.1, -0.05) is 19.6 Å². The molecule has 384 valence electrons. The largest absolute Gasteiger partial charge is 0.508 e. The Morgan fingerprint density at radius 2 is 1.68 bits per heavy atom. The van der Waals surface area contributed by atoms with E-state index in [0.717, 1.165) is 101 Å². The van der Waals surface area contributed by atoms with Gasteiger partial charge in [0.2, 0.25) is 5.91 Å². The van der Waals surface area contributed by atoms with Crippen LogP contribution >= 0.6 is 0 Å². The Bertz CT molecular complexity index is 3030. The molecule has 0 radical (unpaired) electrons. The lowest BCUT2D eigenvalue weighted by Crippen LogP contribution is -2.61. The number of hydrogen-bond acceptors (Lipinski definition) is 12. The fourth-order valence-electron chi connectivity index (χ4n) is 13.3. The monoisotopic (exact) mass is 996 g/mol. The van der Waals surface area contributed by atoms with Crippen molar-refractivity contribution in [2.45, 2.75) is 103 Å². The summed E-state index contributed by atoms with van der Waals surface area (Å²) in [5, 5.41) is 26.2. The number of anilines is 2. The highest BCUT2D eigenvalue weighted by Gasteiger charge is 2.49. The number of aryl methyl sites for hydroxylation is 1. The smallest absolute Gasteiger partial charge is 0.319 e. The summed E-state index contributed by atoms with van der Waals surface area (Å²) in [5.74, 6) is -0.272. The van der Waals surface area contributed by atoms with Gasteiger partial charge in [0.1, 0.15) is 34.6 Å². The first-order chi connectivity index (χ1) is 35.1. The van der Waals surface area contributed by atoms with Crippen LogP contribution in [-0.4, -0.2) is 135 Å². The van der Waals surface area contributed by atoms with Gasteiger partial charge >= 0.3 is 6.01 Å². The molecule has 7 aliphatic rings. The normalized spacial score (nSPS) is 24.4. The minimum absolute atomic E-state index is 0.0234. The van der Waals surface area contributed by atoms with E-state index in [4.69, 9.17) is 14.7 Å². The van der Waals surface area contributed by atoms with Gasteiger partial charge in [0.15, 0.2) is 5.82 Å². The molecule has 12 rings (SSSR count). The van der Waals surface area contributed by atoms with E-state index in [-0.39, 0.29) is 45.8 Å². The molecule has 2 atom stereocenters. The van der Waals surface area contributed by atoms with E-state index in [1.165, 1.54) is 25.0 Å². The lowest BCUT2D eigenvalue weighted by molar-refractivity contribution is -0.126. The van der Waals surface area contributed by atoms with Crippen molar-refractivity contribution >= 4 is 45.0 Å². The van der Waals surface area contributed by atoms with Crippen LogP contribution in [0.3, 0.4) is 0 Å². The Morgan fingerprint density at radius 3 is 2.42 bits per heavy atom. The first-order valence-corrected chi connectivity index (χ1v) is 26.7. The third-order valence-electron chi connectivity index (χ3n) is 17.6. The van der Waals surface area contributed by atoms with Crippen molar-refractivity contribution in [1.29, 1.82) is 0 Å². The van der Waals surface area contributed by atoms with Gasteiger partial charge in [-0.05, 0) is 160 Å². The molecule has 3 aromatic carbocycles. The second-order valence-corrected chi connectivity index (χ2v) is 23.1. The lowest BCUT2D eigenvalue weighted by Gasteiger charge is -2.55. The first kappa shape index (κ1) is 48.0. The average Bonchev–Trinajstić information content (AvgIpc) is 4.06. The molecule has 1 saturated carbocycles. The molecular weight excluding hydrogens is 929 g/mol. The van der Waals surface area contributed by atoms with Crippen LogP contribution in [0.15, 0.2) is 60.9 Å². The lowest BCUT2D eigenvalue weighted by atomic mass is 9.71. The van der Waals surface area contributed by atoms with Crippen LogP contribution < -0.4 is 19.9 Å². The molecule has 1 spiro atoms. The molecule has 0 bridgehead atoms. The number of nitrogens with one attached hydrogen (secondary N) is 1. The van der Waals surface area contributed by atoms with E-state index in [1.54, 1.807) is 30.2 Å². The number of benzene rings is 3. The number of halogens is 2. The number of aliphatic hydroxyl groups is 1. The molecule has 2 amide bonds. The molecule has 73 heavy (non-hydrogen) atoms. The van der Waals surface area contributed by atoms with E-state index in [2.05, 4.69) is 43.7 Å². The van der Waals surface area contributed by atoms with Gasteiger partial charge in [-0.25, -0.2) is 8.78 Å². The summed E-state index contributed by atoms with van der Waals surface area (Å²) >= 11 is 0. The molecule has 16 heteroatoms. The van der Waals surface area contributed by atoms with Gasteiger partial charge in [0, 0.05) is 93.0 Å². The fourth-order valence-corrected chi connectivity index (χ4v) is 13.3. The van der Waals surface area contributed by atoms with Gasteiger partial charge < -0.3 is 44.8 Å². The van der Waals surface area contributed by atoms with Gasteiger partial charge in [0.05, 0.1) is 17.6 Å². The SMILES string of the molecule is C=C1CCC(N2Cc3cc(N4CCC(CN5CC6(CCN(CC7(COc8nc(N9CCC[C@@](C)(O)C9)c9cnc(-c%10cc(O)cc%11ccc(F)c(CC)c%10%11)c(F)c9n8)CC7)CC6)C5)CC4)ccc3C2=O)C(=O)N1. The molecule has 5 aromatic rings. The number of hydrogen-bond donors (Lipinski definition) is 3. The topological polar surface area (TPSA) is 151 Å². The summed E-state index contributed by atoms with van der Waals surface area (Å²) < 4.78 is 38.8. The minimum atomic E-state index is -0.958. The van der Waals surface area contributed by atoms with Gasteiger partial charge in [-0.2, -0.15) is 9.97 Å². The molecule has 5 saturated heterocycles. The van der Waals surface area contributed by atoms with Gasteiger partial charge in [0.25, 0.3) is 5.91 Å². The molecule has 1 unspecified atom stereocenters. The highest BCUT2D eigenvalue weighted by atomic mass is 19.1. The Hall–Kier alpha value is -5.97.